The van der Waals surface area contributed by atoms with Crippen molar-refractivity contribution >= 4 is 21.4 Å². The van der Waals surface area contributed by atoms with Crippen LogP contribution in [0.25, 0.3) is 0 Å². The molecule has 23 heavy (non-hydrogen) atoms. The zero-order chi connectivity index (χ0) is 16.6. The minimum absolute atomic E-state index is 0.288. The topological polar surface area (TPSA) is 49.9 Å². The fourth-order valence-electron chi connectivity index (χ4n) is 3.30. The molecule has 1 saturated heterocycles. The van der Waals surface area contributed by atoms with E-state index in [9.17, 15) is 8.42 Å². The lowest BCUT2D eigenvalue weighted by molar-refractivity contribution is 0.0867. The van der Waals surface area contributed by atoms with E-state index in [0.717, 1.165) is 43.0 Å². The highest BCUT2D eigenvalue weighted by molar-refractivity contribution is 7.88. The summed E-state index contributed by atoms with van der Waals surface area (Å²) in [4.78, 5) is 3.77. The zero-order valence-electron chi connectivity index (χ0n) is 14.1. The molecule has 2 aliphatic rings. The summed E-state index contributed by atoms with van der Waals surface area (Å²) in [6, 6.07) is 2.65. The molecule has 0 aliphatic carbocycles. The minimum atomic E-state index is -3.11. The van der Waals surface area contributed by atoms with Crippen LogP contribution in [0.2, 0.25) is 0 Å². The molecule has 0 radical (unpaired) electrons. The SMILES string of the molecule is CC(C)N1CCC(Oc2cc3c(s2)CCN(S(C)(=O)=O)C3)CC1. The van der Waals surface area contributed by atoms with Crippen LogP contribution in [0.1, 0.15) is 37.1 Å². The van der Waals surface area contributed by atoms with Crippen LogP contribution < -0.4 is 4.74 Å². The molecule has 0 atom stereocenters. The first kappa shape index (κ1) is 17.2. The molecule has 3 heterocycles. The van der Waals surface area contributed by atoms with E-state index in [-0.39, 0.29) is 6.10 Å². The number of piperidine rings is 1. The third-order valence-corrected chi connectivity index (χ3v) is 7.15. The number of likely N-dealkylation sites (tertiary alicyclic amines) is 1. The third kappa shape index (κ3) is 4.07. The van der Waals surface area contributed by atoms with E-state index in [1.807, 2.05) is 6.07 Å². The molecule has 1 aromatic rings. The first-order valence-electron chi connectivity index (χ1n) is 8.30. The lowest BCUT2D eigenvalue weighted by atomic mass is 10.1. The van der Waals surface area contributed by atoms with Gasteiger partial charge in [-0.25, -0.2) is 8.42 Å². The molecule has 5 nitrogen and oxygen atoms in total. The van der Waals surface area contributed by atoms with E-state index >= 15 is 0 Å². The second-order valence-corrected chi connectivity index (χ2v) is 9.89. The monoisotopic (exact) mass is 358 g/mol. The highest BCUT2D eigenvalue weighted by atomic mass is 32.2. The van der Waals surface area contributed by atoms with Crippen molar-refractivity contribution in [2.75, 3.05) is 25.9 Å². The summed E-state index contributed by atoms with van der Waals surface area (Å²) in [6.07, 6.45) is 4.50. The molecule has 0 spiro atoms. The highest BCUT2D eigenvalue weighted by Crippen LogP contribution is 2.35. The fraction of sp³-hybridized carbons (Fsp3) is 0.750. The Morgan fingerprint density at radius 1 is 1.26 bits per heavy atom. The van der Waals surface area contributed by atoms with Crippen molar-refractivity contribution in [3.63, 3.8) is 0 Å². The van der Waals surface area contributed by atoms with Crippen molar-refractivity contribution in [1.29, 1.82) is 0 Å². The molecular weight excluding hydrogens is 332 g/mol. The molecular formula is C16H26N2O3S2. The van der Waals surface area contributed by atoms with Gasteiger partial charge in [-0.2, -0.15) is 4.31 Å². The molecule has 7 heteroatoms. The summed E-state index contributed by atoms with van der Waals surface area (Å²) < 4.78 is 31.1. The van der Waals surface area contributed by atoms with Crippen LogP contribution in [0.5, 0.6) is 5.06 Å². The van der Waals surface area contributed by atoms with Gasteiger partial charge in [0.15, 0.2) is 5.06 Å². The van der Waals surface area contributed by atoms with E-state index in [2.05, 4.69) is 18.7 Å². The first-order valence-corrected chi connectivity index (χ1v) is 11.0. The number of sulfonamides is 1. The molecule has 130 valence electrons. The first-order chi connectivity index (χ1) is 10.8. The molecule has 0 aromatic carbocycles. The summed E-state index contributed by atoms with van der Waals surface area (Å²) in [7, 11) is -3.11. The van der Waals surface area contributed by atoms with Crippen LogP contribution >= 0.6 is 11.3 Å². The second kappa shape index (κ2) is 6.70. The Balaban J connectivity index is 1.60. The van der Waals surface area contributed by atoms with Crippen molar-refractivity contribution in [3.8, 4) is 5.06 Å². The number of hydrogen-bond acceptors (Lipinski definition) is 5. The van der Waals surface area contributed by atoms with Gasteiger partial charge >= 0.3 is 0 Å². The van der Waals surface area contributed by atoms with Gasteiger partial charge in [0.1, 0.15) is 6.10 Å². The Labute approximate surface area is 143 Å². The lowest BCUT2D eigenvalue weighted by Gasteiger charge is -2.34. The molecule has 1 fully saturated rings. The van der Waals surface area contributed by atoms with Gasteiger partial charge in [0.25, 0.3) is 0 Å². The zero-order valence-corrected chi connectivity index (χ0v) is 15.8. The number of nitrogens with zero attached hydrogens (tertiary/aromatic N) is 2. The van der Waals surface area contributed by atoms with Crippen LogP contribution in [0.4, 0.5) is 0 Å². The van der Waals surface area contributed by atoms with Gasteiger partial charge in [0.2, 0.25) is 10.0 Å². The summed E-state index contributed by atoms with van der Waals surface area (Å²) >= 11 is 1.69. The third-order valence-electron chi connectivity index (χ3n) is 4.77. The van der Waals surface area contributed by atoms with E-state index in [1.165, 1.54) is 11.1 Å². The second-order valence-electron chi connectivity index (χ2n) is 6.81. The number of rotatable bonds is 4. The maximum atomic E-state index is 11.7. The van der Waals surface area contributed by atoms with Gasteiger partial charge in [-0.1, -0.05) is 0 Å². The maximum absolute atomic E-state index is 11.7. The fourth-order valence-corrected chi connectivity index (χ4v) is 5.17. The van der Waals surface area contributed by atoms with E-state index in [0.29, 0.717) is 19.1 Å². The number of ether oxygens (including phenoxy) is 1. The van der Waals surface area contributed by atoms with Crippen LogP contribution in [0, 0.1) is 0 Å². The van der Waals surface area contributed by atoms with E-state index < -0.39 is 10.0 Å². The number of thiophene rings is 1. The lowest BCUT2D eigenvalue weighted by Crippen LogP contribution is -2.41. The summed E-state index contributed by atoms with van der Waals surface area (Å²) in [6.45, 7) is 7.73. The molecule has 0 saturated carbocycles. The summed E-state index contributed by atoms with van der Waals surface area (Å²) in [5.41, 5.74) is 1.11. The molecule has 0 unspecified atom stereocenters. The average molecular weight is 359 g/mol. The van der Waals surface area contributed by atoms with Crippen molar-refractivity contribution in [3.05, 3.63) is 16.5 Å². The molecule has 2 aliphatic heterocycles. The van der Waals surface area contributed by atoms with Gasteiger partial charge in [0, 0.05) is 37.1 Å². The molecule has 0 amide bonds. The van der Waals surface area contributed by atoms with Crippen molar-refractivity contribution in [2.24, 2.45) is 0 Å². The Kier molecular flexibility index (Phi) is 5.01. The van der Waals surface area contributed by atoms with Gasteiger partial charge in [-0.05, 0) is 44.7 Å². The summed E-state index contributed by atoms with van der Waals surface area (Å²) in [5.74, 6) is 0. The van der Waals surface area contributed by atoms with Crippen molar-refractivity contribution in [1.82, 2.24) is 9.21 Å². The maximum Gasteiger partial charge on any atom is 0.211 e. The Morgan fingerprint density at radius 3 is 2.57 bits per heavy atom. The Hall–Kier alpha value is -0.630. The van der Waals surface area contributed by atoms with Crippen molar-refractivity contribution < 1.29 is 13.2 Å². The molecule has 0 bridgehead atoms. The van der Waals surface area contributed by atoms with Crippen LogP contribution in [0.15, 0.2) is 6.07 Å². The van der Waals surface area contributed by atoms with E-state index in [1.54, 1.807) is 15.6 Å². The normalized spacial score (nSPS) is 21.6. The average Bonchev–Trinajstić information content (AvgIpc) is 2.88. The van der Waals surface area contributed by atoms with E-state index in [4.69, 9.17) is 4.74 Å². The quantitative estimate of drug-likeness (QED) is 0.829. The van der Waals surface area contributed by atoms with Gasteiger partial charge in [-0.3, -0.25) is 0 Å². The van der Waals surface area contributed by atoms with Gasteiger partial charge < -0.3 is 9.64 Å². The van der Waals surface area contributed by atoms with Gasteiger partial charge in [-0.15, -0.1) is 11.3 Å². The smallest absolute Gasteiger partial charge is 0.211 e. The Morgan fingerprint density at radius 2 is 1.96 bits per heavy atom. The van der Waals surface area contributed by atoms with Crippen LogP contribution in [-0.4, -0.2) is 55.7 Å². The summed E-state index contributed by atoms with van der Waals surface area (Å²) in [5, 5.41) is 0.952. The van der Waals surface area contributed by atoms with Gasteiger partial charge in [0.05, 0.1) is 6.26 Å². The molecule has 0 N–H and O–H groups in total. The minimum Gasteiger partial charge on any atom is -0.481 e. The molecule has 3 rings (SSSR count). The predicted octanol–water partition coefficient (Wildman–Crippen LogP) is 2.32. The van der Waals surface area contributed by atoms with Crippen LogP contribution in [-0.2, 0) is 23.0 Å². The highest BCUT2D eigenvalue weighted by Gasteiger charge is 2.27. The standard InChI is InChI=1S/C16H26N2O3S2/c1-12(2)17-7-4-14(5-8-17)21-16-10-13-11-18(23(3,19)20)9-6-15(13)22-16/h10,12,14H,4-9,11H2,1-3H3. The number of hydrogen-bond donors (Lipinski definition) is 0. The Bertz CT molecular complexity index is 646. The van der Waals surface area contributed by atoms with Crippen molar-refractivity contribution in [2.45, 2.75) is 51.8 Å². The molecule has 1 aromatic heterocycles. The van der Waals surface area contributed by atoms with Crippen LogP contribution in [0.3, 0.4) is 0 Å². The number of fused-ring (bicyclic) bond motifs is 1. The predicted molar refractivity (Wildman–Crippen MR) is 93.6 cm³/mol. The largest absolute Gasteiger partial charge is 0.481 e.